The number of nitrogens with zero attached hydrogens (tertiary/aromatic N) is 2. The van der Waals surface area contributed by atoms with Crippen molar-refractivity contribution < 1.29 is 4.79 Å². The second-order valence-corrected chi connectivity index (χ2v) is 6.24. The fourth-order valence-electron chi connectivity index (χ4n) is 3.20. The van der Waals surface area contributed by atoms with Gasteiger partial charge < -0.3 is 10.2 Å². The van der Waals surface area contributed by atoms with E-state index in [1.807, 2.05) is 0 Å². The Morgan fingerprint density at radius 2 is 2.15 bits per heavy atom. The lowest BCUT2D eigenvalue weighted by Gasteiger charge is -2.35. The molecule has 0 aromatic carbocycles. The molecule has 0 radical (unpaired) electrons. The summed E-state index contributed by atoms with van der Waals surface area (Å²) in [5.41, 5.74) is 0.393. The fraction of sp³-hybridized carbons (Fsp3) is 0.571. The number of halogens is 2. The highest BCUT2D eigenvalue weighted by atomic mass is 35.5. The van der Waals surface area contributed by atoms with E-state index >= 15 is 0 Å². The van der Waals surface area contributed by atoms with Gasteiger partial charge in [0.15, 0.2) is 0 Å². The highest BCUT2D eigenvalue weighted by Gasteiger charge is 2.32. The molecular formula is C14H17Cl2N3O. The molecule has 108 valence electrons. The average molecular weight is 314 g/mol. The lowest BCUT2D eigenvalue weighted by molar-refractivity contribution is 0.0896. The van der Waals surface area contributed by atoms with Gasteiger partial charge in [-0.25, -0.2) is 4.98 Å². The highest BCUT2D eigenvalue weighted by molar-refractivity contribution is 6.34. The summed E-state index contributed by atoms with van der Waals surface area (Å²) >= 11 is 11.7. The highest BCUT2D eigenvalue weighted by Crippen LogP contribution is 2.27. The molecule has 20 heavy (non-hydrogen) atoms. The second kappa shape index (κ2) is 5.88. The maximum atomic E-state index is 12.2. The molecular weight excluding hydrogens is 297 g/mol. The minimum atomic E-state index is -0.157. The Kier molecular flexibility index (Phi) is 4.15. The zero-order valence-corrected chi connectivity index (χ0v) is 12.6. The average Bonchev–Trinajstić information content (AvgIpc) is 2.85. The van der Waals surface area contributed by atoms with E-state index in [0.29, 0.717) is 16.8 Å². The molecule has 1 aromatic rings. The van der Waals surface area contributed by atoms with Crippen molar-refractivity contribution in [2.45, 2.75) is 37.8 Å². The molecule has 2 fully saturated rings. The number of rotatable bonds is 2. The van der Waals surface area contributed by atoms with Crippen molar-refractivity contribution in [3.8, 4) is 0 Å². The monoisotopic (exact) mass is 313 g/mol. The van der Waals surface area contributed by atoms with Gasteiger partial charge in [0.1, 0.15) is 10.3 Å². The van der Waals surface area contributed by atoms with E-state index in [0.717, 1.165) is 19.4 Å². The van der Waals surface area contributed by atoms with Gasteiger partial charge in [-0.1, -0.05) is 23.2 Å². The molecule has 2 unspecified atom stereocenters. The van der Waals surface area contributed by atoms with E-state index in [4.69, 9.17) is 23.2 Å². The van der Waals surface area contributed by atoms with Crippen molar-refractivity contribution in [2.24, 2.45) is 0 Å². The molecule has 2 atom stereocenters. The Hall–Kier alpha value is -0.840. The number of carbonyl (C=O) groups is 1. The van der Waals surface area contributed by atoms with Gasteiger partial charge in [-0.15, -0.1) is 0 Å². The van der Waals surface area contributed by atoms with Gasteiger partial charge in [0.25, 0.3) is 5.91 Å². The van der Waals surface area contributed by atoms with Crippen molar-refractivity contribution in [2.75, 3.05) is 13.1 Å². The third kappa shape index (κ3) is 2.92. The predicted octanol–water partition coefficient (Wildman–Crippen LogP) is 2.75. The zero-order valence-electron chi connectivity index (χ0n) is 11.1. The van der Waals surface area contributed by atoms with E-state index in [1.54, 1.807) is 12.1 Å². The third-order valence-corrected chi connectivity index (χ3v) is 4.71. The Labute approximate surface area is 128 Å². The first-order valence-corrected chi connectivity index (χ1v) is 7.76. The molecule has 0 aliphatic carbocycles. The van der Waals surface area contributed by atoms with Crippen LogP contribution in [0.2, 0.25) is 10.3 Å². The van der Waals surface area contributed by atoms with Crippen LogP contribution in [0.3, 0.4) is 0 Å². The van der Waals surface area contributed by atoms with Crippen LogP contribution in [-0.2, 0) is 0 Å². The first-order chi connectivity index (χ1) is 9.63. The van der Waals surface area contributed by atoms with Crippen LogP contribution in [0.25, 0.3) is 0 Å². The summed E-state index contributed by atoms with van der Waals surface area (Å²) in [7, 11) is 0. The molecule has 2 saturated heterocycles. The van der Waals surface area contributed by atoms with Crippen LogP contribution in [-0.4, -0.2) is 41.0 Å². The van der Waals surface area contributed by atoms with Gasteiger partial charge in [-0.3, -0.25) is 4.79 Å². The van der Waals surface area contributed by atoms with Gasteiger partial charge in [0, 0.05) is 18.6 Å². The van der Waals surface area contributed by atoms with Gasteiger partial charge in [0.05, 0.1) is 5.56 Å². The van der Waals surface area contributed by atoms with Crippen molar-refractivity contribution in [1.29, 1.82) is 0 Å². The number of amides is 1. The summed E-state index contributed by atoms with van der Waals surface area (Å²) in [6, 6.07) is 4.07. The SMILES string of the molecule is O=C(NC1CCN2CCCC2C1)c1ccc(Cl)nc1Cl. The van der Waals surface area contributed by atoms with Crippen LogP contribution in [0.5, 0.6) is 0 Å². The molecule has 2 aliphatic heterocycles. The zero-order chi connectivity index (χ0) is 14.1. The number of aromatic nitrogens is 1. The molecule has 4 nitrogen and oxygen atoms in total. The number of hydrogen-bond donors (Lipinski definition) is 1. The molecule has 0 bridgehead atoms. The molecule has 2 aliphatic rings. The molecule has 3 heterocycles. The standard InChI is InChI=1S/C14H17Cl2N3O/c15-12-4-3-11(13(16)18-12)14(20)17-9-5-7-19-6-1-2-10(19)8-9/h3-4,9-10H,1-2,5-8H2,(H,17,20). The minimum Gasteiger partial charge on any atom is -0.349 e. The predicted molar refractivity (Wildman–Crippen MR) is 79.3 cm³/mol. The number of pyridine rings is 1. The molecule has 1 N–H and O–H groups in total. The molecule has 3 rings (SSSR count). The van der Waals surface area contributed by atoms with Crippen molar-refractivity contribution >= 4 is 29.1 Å². The van der Waals surface area contributed by atoms with E-state index in [9.17, 15) is 4.79 Å². The van der Waals surface area contributed by atoms with Crippen molar-refractivity contribution in [1.82, 2.24) is 15.2 Å². The number of piperidine rings is 1. The van der Waals surface area contributed by atoms with Gasteiger partial charge >= 0.3 is 0 Å². The number of hydrogen-bond acceptors (Lipinski definition) is 3. The smallest absolute Gasteiger partial charge is 0.254 e. The molecule has 6 heteroatoms. The first kappa shape index (κ1) is 14.1. The Morgan fingerprint density at radius 1 is 1.30 bits per heavy atom. The molecule has 1 amide bonds. The van der Waals surface area contributed by atoms with Crippen molar-refractivity contribution in [3.63, 3.8) is 0 Å². The van der Waals surface area contributed by atoms with Crippen molar-refractivity contribution in [3.05, 3.63) is 28.0 Å². The summed E-state index contributed by atoms with van der Waals surface area (Å²) < 4.78 is 0. The molecule has 0 saturated carbocycles. The summed E-state index contributed by atoms with van der Waals surface area (Å²) in [6.07, 6.45) is 4.55. The van der Waals surface area contributed by atoms with E-state index in [2.05, 4.69) is 15.2 Å². The third-order valence-electron chi connectivity index (χ3n) is 4.22. The van der Waals surface area contributed by atoms with Crippen LogP contribution in [0.4, 0.5) is 0 Å². The first-order valence-electron chi connectivity index (χ1n) is 7.00. The van der Waals surface area contributed by atoms with Crippen LogP contribution in [0.15, 0.2) is 12.1 Å². The lowest BCUT2D eigenvalue weighted by atomic mass is 9.97. The normalized spacial score (nSPS) is 26.3. The summed E-state index contributed by atoms with van der Waals surface area (Å²) in [4.78, 5) is 18.7. The van der Waals surface area contributed by atoms with Gasteiger partial charge in [-0.05, 0) is 44.4 Å². The van der Waals surface area contributed by atoms with Crippen LogP contribution in [0.1, 0.15) is 36.0 Å². The maximum absolute atomic E-state index is 12.2. The Bertz CT molecular complexity index is 523. The van der Waals surface area contributed by atoms with E-state index in [-0.39, 0.29) is 17.1 Å². The second-order valence-electron chi connectivity index (χ2n) is 5.50. The van der Waals surface area contributed by atoms with Crippen LogP contribution < -0.4 is 5.32 Å². The maximum Gasteiger partial charge on any atom is 0.254 e. The molecule has 0 spiro atoms. The Morgan fingerprint density at radius 3 is 2.95 bits per heavy atom. The van der Waals surface area contributed by atoms with Gasteiger partial charge in [-0.2, -0.15) is 0 Å². The fourth-order valence-corrected chi connectivity index (χ4v) is 3.63. The van der Waals surface area contributed by atoms with Gasteiger partial charge in [0.2, 0.25) is 0 Å². The summed E-state index contributed by atoms with van der Waals surface area (Å²) in [6.45, 7) is 2.28. The summed E-state index contributed by atoms with van der Waals surface area (Å²) in [5, 5.41) is 3.53. The lowest BCUT2D eigenvalue weighted by Crippen LogP contribution is -2.47. The van der Waals surface area contributed by atoms with Crippen LogP contribution in [0, 0.1) is 0 Å². The van der Waals surface area contributed by atoms with E-state index < -0.39 is 0 Å². The molecule has 1 aromatic heterocycles. The number of carbonyl (C=O) groups excluding carboxylic acids is 1. The largest absolute Gasteiger partial charge is 0.349 e. The number of nitrogens with one attached hydrogen (secondary N) is 1. The topological polar surface area (TPSA) is 45.2 Å². The Balaban J connectivity index is 1.64. The minimum absolute atomic E-state index is 0.157. The summed E-state index contributed by atoms with van der Waals surface area (Å²) in [5.74, 6) is -0.157. The number of fused-ring (bicyclic) bond motifs is 1. The van der Waals surface area contributed by atoms with E-state index in [1.165, 1.54) is 19.4 Å². The quantitative estimate of drug-likeness (QED) is 0.854. The van der Waals surface area contributed by atoms with Crippen LogP contribution >= 0.6 is 23.2 Å².